The minimum absolute atomic E-state index is 0.219. The fourth-order valence-corrected chi connectivity index (χ4v) is 3.42. The van der Waals surface area contributed by atoms with E-state index in [-0.39, 0.29) is 17.5 Å². The van der Waals surface area contributed by atoms with Gasteiger partial charge in [-0.25, -0.2) is 8.42 Å². The fourth-order valence-electron chi connectivity index (χ4n) is 2.05. The van der Waals surface area contributed by atoms with Crippen LogP contribution in [-0.4, -0.2) is 32.4 Å². The molecule has 0 fully saturated rings. The number of aryl methyl sites for hydroxylation is 1. The molecule has 1 atom stereocenters. The summed E-state index contributed by atoms with van der Waals surface area (Å²) in [5.41, 5.74) is 6.64. The molecule has 124 valence electrons. The van der Waals surface area contributed by atoms with Crippen molar-refractivity contribution in [2.45, 2.75) is 24.8 Å². The molecule has 23 heavy (non-hydrogen) atoms. The Morgan fingerprint density at radius 2 is 1.78 bits per heavy atom. The van der Waals surface area contributed by atoms with Crippen molar-refractivity contribution in [3.05, 3.63) is 54.1 Å². The maximum absolute atomic E-state index is 12.5. The monoisotopic (exact) mass is 334 g/mol. The molecule has 0 aliphatic heterocycles. The van der Waals surface area contributed by atoms with Crippen LogP contribution < -0.4 is 10.5 Å². The number of rotatable bonds is 6. The molecule has 1 unspecified atom stereocenters. The second kappa shape index (κ2) is 7.12. The Kier molecular flexibility index (Phi) is 5.41. The van der Waals surface area contributed by atoms with Gasteiger partial charge in [0.05, 0.1) is 4.90 Å². The van der Waals surface area contributed by atoms with E-state index in [0.717, 1.165) is 11.3 Å². The van der Waals surface area contributed by atoms with Gasteiger partial charge in [-0.3, -0.25) is 0 Å². The second-order valence-corrected chi connectivity index (χ2v) is 7.49. The summed E-state index contributed by atoms with van der Waals surface area (Å²) in [6.45, 7) is 4.02. The van der Waals surface area contributed by atoms with Crippen LogP contribution in [0.25, 0.3) is 0 Å². The van der Waals surface area contributed by atoms with Gasteiger partial charge in [-0.15, -0.1) is 0 Å². The largest absolute Gasteiger partial charge is 0.457 e. The fraction of sp³-hybridized carbons (Fsp3) is 0.294. The summed E-state index contributed by atoms with van der Waals surface area (Å²) in [6, 6.07) is 13.8. The van der Waals surface area contributed by atoms with Crippen LogP contribution in [0.15, 0.2) is 53.4 Å². The van der Waals surface area contributed by atoms with E-state index in [2.05, 4.69) is 0 Å². The second-order valence-electron chi connectivity index (χ2n) is 5.50. The van der Waals surface area contributed by atoms with Crippen molar-refractivity contribution in [3.8, 4) is 11.5 Å². The maximum Gasteiger partial charge on any atom is 0.243 e. The third-order valence-corrected chi connectivity index (χ3v) is 5.67. The van der Waals surface area contributed by atoms with Crippen LogP contribution in [0.5, 0.6) is 11.5 Å². The van der Waals surface area contributed by atoms with Crippen LogP contribution in [0.4, 0.5) is 0 Å². The van der Waals surface area contributed by atoms with Crippen molar-refractivity contribution in [1.29, 1.82) is 0 Å². The average Bonchev–Trinajstić information content (AvgIpc) is 2.54. The zero-order chi connectivity index (χ0) is 17.0. The van der Waals surface area contributed by atoms with E-state index < -0.39 is 10.0 Å². The lowest BCUT2D eigenvalue weighted by Gasteiger charge is -2.23. The van der Waals surface area contributed by atoms with Crippen LogP contribution in [0.3, 0.4) is 0 Å². The number of likely N-dealkylation sites (N-methyl/N-ethyl adjacent to an activating group) is 1. The van der Waals surface area contributed by atoms with Gasteiger partial charge in [-0.2, -0.15) is 4.31 Å². The molecule has 0 heterocycles. The Hall–Kier alpha value is -1.89. The van der Waals surface area contributed by atoms with Gasteiger partial charge in [0.2, 0.25) is 10.0 Å². The Morgan fingerprint density at radius 3 is 2.35 bits per heavy atom. The standard InChI is InChI=1S/C17H22N2O3S/c1-13-5-4-6-16(11-13)22-15-7-9-17(10-8-15)23(20,21)19(3)14(2)12-18/h4-11,14H,12,18H2,1-3H3. The van der Waals surface area contributed by atoms with Gasteiger partial charge in [-0.1, -0.05) is 12.1 Å². The predicted molar refractivity (Wildman–Crippen MR) is 91.2 cm³/mol. The van der Waals surface area contributed by atoms with Gasteiger partial charge >= 0.3 is 0 Å². The Labute approximate surface area is 137 Å². The highest BCUT2D eigenvalue weighted by Crippen LogP contribution is 2.24. The molecule has 0 amide bonds. The molecule has 0 aliphatic carbocycles. The van der Waals surface area contributed by atoms with Crippen molar-refractivity contribution in [1.82, 2.24) is 4.31 Å². The first-order chi connectivity index (χ1) is 10.8. The smallest absolute Gasteiger partial charge is 0.243 e. The molecule has 2 rings (SSSR count). The van der Waals surface area contributed by atoms with Gasteiger partial charge in [0.25, 0.3) is 0 Å². The van der Waals surface area contributed by atoms with Gasteiger partial charge in [0.15, 0.2) is 0 Å². The summed E-state index contributed by atoms with van der Waals surface area (Å²) in [5.74, 6) is 1.30. The zero-order valence-corrected chi connectivity index (χ0v) is 14.4. The van der Waals surface area contributed by atoms with Crippen LogP contribution >= 0.6 is 0 Å². The molecule has 0 radical (unpaired) electrons. The predicted octanol–water partition coefficient (Wildman–Crippen LogP) is 2.76. The molecule has 2 aromatic carbocycles. The third-order valence-electron chi connectivity index (χ3n) is 3.69. The number of benzene rings is 2. The van der Waals surface area contributed by atoms with Crippen LogP contribution in [-0.2, 0) is 10.0 Å². The molecular weight excluding hydrogens is 312 g/mol. The molecule has 6 heteroatoms. The number of sulfonamides is 1. The lowest BCUT2D eigenvalue weighted by molar-refractivity contribution is 0.394. The van der Waals surface area contributed by atoms with Crippen LogP contribution in [0, 0.1) is 6.92 Å². The Bertz CT molecular complexity index is 758. The van der Waals surface area contributed by atoms with Gasteiger partial charge in [-0.05, 0) is 55.8 Å². The first kappa shape index (κ1) is 17.5. The highest BCUT2D eigenvalue weighted by atomic mass is 32.2. The molecule has 2 N–H and O–H groups in total. The molecule has 0 spiro atoms. The molecule has 5 nitrogen and oxygen atoms in total. The summed E-state index contributed by atoms with van der Waals surface area (Å²) < 4.78 is 32.0. The van der Waals surface area contributed by atoms with Crippen molar-refractivity contribution in [3.63, 3.8) is 0 Å². The van der Waals surface area contributed by atoms with E-state index in [1.165, 1.54) is 11.4 Å². The van der Waals surface area contributed by atoms with Crippen molar-refractivity contribution < 1.29 is 13.2 Å². The molecular formula is C17H22N2O3S. The topological polar surface area (TPSA) is 72.6 Å². The van der Waals surface area contributed by atoms with Gasteiger partial charge in [0, 0.05) is 19.6 Å². The third kappa shape index (κ3) is 4.10. The van der Waals surface area contributed by atoms with E-state index >= 15 is 0 Å². The van der Waals surface area contributed by atoms with E-state index in [1.807, 2.05) is 31.2 Å². The normalized spacial score (nSPS) is 13.1. The number of ether oxygens (including phenoxy) is 1. The van der Waals surface area contributed by atoms with Gasteiger partial charge in [0.1, 0.15) is 11.5 Å². The summed E-state index contributed by atoms with van der Waals surface area (Å²) >= 11 is 0. The highest BCUT2D eigenvalue weighted by Gasteiger charge is 2.24. The molecule has 0 saturated heterocycles. The quantitative estimate of drug-likeness (QED) is 0.881. The number of hydrogen-bond donors (Lipinski definition) is 1. The summed E-state index contributed by atoms with van der Waals surface area (Å²) in [5, 5.41) is 0. The summed E-state index contributed by atoms with van der Waals surface area (Å²) in [4.78, 5) is 0.219. The van der Waals surface area contributed by atoms with Crippen molar-refractivity contribution >= 4 is 10.0 Å². The minimum Gasteiger partial charge on any atom is -0.457 e. The Balaban J connectivity index is 2.19. The van der Waals surface area contributed by atoms with E-state index in [0.29, 0.717) is 5.75 Å². The van der Waals surface area contributed by atoms with Gasteiger partial charge < -0.3 is 10.5 Å². The van der Waals surface area contributed by atoms with Crippen LogP contribution in [0.1, 0.15) is 12.5 Å². The van der Waals surface area contributed by atoms with Crippen LogP contribution in [0.2, 0.25) is 0 Å². The van der Waals surface area contributed by atoms with E-state index in [9.17, 15) is 8.42 Å². The SMILES string of the molecule is Cc1cccc(Oc2ccc(S(=O)(=O)N(C)C(C)CN)cc2)c1. The molecule has 0 aromatic heterocycles. The summed E-state index contributed by atoms with van der Waals surface area (Å²) in [6.07, 6.45) is 0. The molecule has 0 saturated carbocycles. The molecule has 2 aromatic rings. The van der Waals surface area contributed by atoms with E-state index in [4.69, 9.17) is 10.5 Å². The lowest BCUT2D eigenvalue weighted by Crippen LogP contribution is -2.39. The summed E-state index contributed by atoms with van der Waals surface area (Å²) in [7, 11) is -2.02. The van der Waals surface area contributed by atoms with Crippen molar-refractivity contribution in [2.75, 3.05) is 13.6 Å². The highest BCUT2D eigenvalue weighted by molar-refractivity contribution is 7.89. The molecule has 0 aliphatic rings. The first-order valence-electron chi connectivity index (χ1n) is 7.37. The Morgan fingerprint density at radius 1 is 1.13 bits per heavy atom. The van der Waals surface area contributed by atoms with E-state index in [1.54, 1.807) is 31.2 Å². The number of hydrogen-bond acceptors (Lipinski definition) is 4. The average molecular weight is 334 g/mol. The number of nitrogens with zero attached hydrogens (tertiary/aromatic N) is 1. The zero-order valence-electron chi connectivity index (χ0n) is 13.6. The molecule has 0 bridgehead atoms. The number of nitrogens with two attached hydrogens (primary N) is 1. The minimum atomic E-state index is -3.55. The maximum atomic E-state index is 12.5. The first-order valence-corrected chi connectivity index (χ1v) is 8.81. The lowest BCUT2D eigenvalue weighted by atomic mass is 10.2. The van der Waals surface area contributed by atoms with Crippen molar-refractivity contribution in [2.24, 2.45) is 5.73 Å².